The smallest absolute Gasteiger partial charge is 0.148 e. The molecule has 0 atom stereocenters. The van der Waals surface area contributed by atoms with Crippen molar-refractivity contribution in [3.8, 4) is 0 Å². The molecule has 1 aliphatic carbocycles. The topological polar surface area (TPSA) is 55.9 Å². The first-order chi connectivity index (χ1) is 7.09. The van der Waals surface area contributed by atoms with Crippen LogP contribution in [0.4, 0.5) is 11.5 Å². The lowest BCUT2D eigenvalue weighted by Gasteiger charge is -2.12. The van der Waals surface area contributed by atoms with Crippen molar-refractivity contribution in [1.29, 1.82) is 0 Å². The second-order valence-electron chi connectivity index (χ2n) is 4.71. The van der Waals surface area contributed by atoms with Crippen LogP contribution in [0.25, 0.3) is 0 Å². The Morgan fingerprint density at radius 2 is 2.20 bits per heavy atom. The third-order valence-electron chi connectivity index (χ3n) is 2.88. The molecule has 1 aliphatic rings. The maximum Gasteiger partial charge on any atom is 0.148 e. The van der Waals surface area contributed by atoms with E-state index < -0.39 is 0 Å². The minimum Gasteiger partial charge on any atom is -0.394 e. The number of aromatic nitrogens is 2. The highest BCUT2D eigenvalue weighted by molar-refractivity contribution is 5.64. The molecule has 4 nitrogen and oxygen atoms in total. The van der Waals surface area contributed by atoms with Crippen LogP contribution in [-0.2, 0) is 0 Å². The van der Waals surface area contributed by atoms with E-state index in [4.69, 9.17) is 5.73 Å². The predicted octanol–water partition coefficient (Wildman–Crippen LogP) is 2.18. The van der Waals surface area contributed by atoms with Crippen molar-refractivity contribution >= 4 is 11.5 Å². The Balaban J connectivity index is 2.17. The molecular formula is C11H20N4. The molecule has 0 saturated heterocycles. The molecule has 0 unspecified atom stereocenters. The van der Waals surface area contributed by atoms with Gasteiger partial charge in [-0.3, -0.25) is 0 Å². The van der Waals surface area contributed by atoms with E-state index in [1.807, 2.05) is 11.6 Å². The average Bonchev–Trinajstić information content (AvgIpc) is 2.94. The fourth-order valence-electron chi connectivity index (χ4n) is 1.67. The fraction of sp³-hybridized carbons (Fsp3) is 0.727. The van der Waals surface area contributed by atoms with Crippen LogP contribution in [0.1, 0.15) is 38.4 Å². The number of hydrogen-bond acceptors (Lipinski definition) is 3. The van der Waals surface area contributed by atoms with Gasteiger partial charge in [0.2, 0.25) is 0 Å². The molecule has 0 amide bonds. The zero-order valence-electron chi connectivity index (χ0n) is 9.75. The van der Waals surface area contributed by atoms with Crippen LogP contribution in [0.2, 0.25) is 0 Å². The Hall–Kier alpha value is -1.19. The number of nitrogens with one attached hydrogen (secondary N) is 1. The van der Waals surface area contributed by atoms with Crippen LogP contribution >= 0.6 is 0 Å². The van der Waals surface area contributed by atoms with Crippen LogP contribution in [0.5, 0.6) is 0 Å². The van der Waals surface area contributed by atoms with Gasteiger partial charge in [0.05, 0.1) is 11.4 Å². The molecule has 0 spiro atoms. The molecule has 3 N–H and O–H groups in total. The van der Waals surface area contributed by atoms with Gasteiger partial charge >= 0.3 is 0 Å². The predicted molar refractivity (Wildman–Crippen MR) is 63.0 cm³/mol. The summed E-state index contributed by atoms with van der Waals surface area (Å²) in [4.78, 5) is 0. The van der Waals surface area contributed by atoms with Gasteiger partial charge in [-0.2, -0.15) is 5.10 Å². The van der Waals surface area contributed by atoms with Crippen LogP contribution in [0.3, 0.4) is 0 Å². The number of rotatable bonds is 4. The highest BCUT2D eigenvalue weighted by atomic mass is 15.4. The molecule has 0 bridgehead atoms. The van der Waals surface area contributed by atoms with Gasteiger partial charge in [0, 0.05) is 12.6 Å². The van der Waals surface area contributed by atoms with E-state index in [1.54, 1.807) is 0 Å². The summed E-state index contributed by atoms with van der Waals surface area (Å²) in [6.07, 6.45) is 2.70. The van der Waals surface area contributed by atoms with Crippen molar-refractivity contribution in [1.82, 2.24) is 9.78 Å². The number of nitrogens with zero attached hydrogens (tertiary/aromatic N) is 2. The lowest BCUT2D eigenvalue weighted by atomic mass is 10.3. The minimum absolute atomic E-state index is 0.350. The van der Waals surface area contributed by atoms with Crippen molar-refractivity contribution in [2.45, 2.75) is 39.7 Å². The summed E-state index contributed by atoms with van der Waals surface area (Å²) in [5.74, 6) is 1.84. The van der Waals surface area contributed by atoms with Crippen molar-refractivity contribution in [2.75, 3.05) is 17.6 Å². The van der Waals surface area contributed by atoms with Gasteiger partial charge in [-0.1, -0.05) is 0 Å². The Morgan fingerprint density at radius 1 is 1.53 bits per heavy atom. The first kappa shape index (κ1) is 10.3. The standard InChI is InChI=1S/C11H20N4/c1-7(2)15-11(10(12)8(3)14-15)13-6-9-4-5-9/h7,9,13H,4-6,12H2,1-3H3. The summed E-state index contributed by atoms with van der Waals surface area (Å²) in [6, 6.07) is 0.350. The van der Waals surface area contributed by atoms with E-state index in [0.29, 0.717) is 6.04 Å². The lowest BCUT2D eigenvalue weighted by molar-refractivity contribution is 0.533. The monoisotopic (exact) mass is 208 g/mol. The summed E-state index contributed by atoms with van der Waals surface area (Å²) < 4.78 is 1.98. The number of nitrogens with two attached hydrogens (primary N) is 1. The quantitative estimate of drug-likeness (QED) is 0.797. The first-order valence-corrected chi connectivity index (χ1v) is 5.68. The lowest BCUT2D eigenvalue weighted by Crippen LogP contribution is -2.12. The summed E-state index contributed by atoms with van der Waals surface area (Å²) in [7, 11) is 0. The molecule has 84 valence electrons. The molecule has 1 heterocycles. The van der Waals surface area contributed by atoms with Gasteiger partial charge in [0.15, 0.2) is 0 Å². The number of nitrogen functional groups attached to an aromatic ring is 1. The second kappa shape index (κ2) is 3.76. The van der Waals surface area contributed by atoms with E-state index in [1.165, 1.54) is 12.8 Å². The van der Waals surface area contributed by atoms with Crippen LogP contribution in [-0.4, -0.2) is 16.3 Å². The number of anilines is 2. The fourth-order valence-corrected chi connectivity index (χ4v) is 1.67. The molecular weight excluding hydrogens is 188 g/mol. The van der Waals surface area contributed by atoms with Gasteiger partial charge in [0.1, 0.15) is 5.82 Å². The highest BCUT2D eigenvalue weighted by Gasteiger charge is 2.22. The molecule has 0 aromatic carbocycles. The second-order valence-corrected chi connectivity index (χ2v) is 4.71. The van der Waals surface area contributed by atoms with Crippen molar-refractivity contribution in [2.24, 2.45) is 5.92 Å². The SMILES string of the molecule is Cc1nn(C(C)C)c(NCC2CC2)c1N. The van der Waals surface area contributed by atoms with Crippen LogP contribution < -0.4 is 11.1 Å². The Morgan fingerprint density at radius 3 is 2.73 bits per heavy atom. The Kier molecular flexibility index (Phi) is 2.59. The van der Waals surface area contributed by atoms with E-state index in [0.717, 1.165) is 29.7 Å². The third-order valence-corrected chi connectivity index (χ3v) is 2.88. The van der Waals surface area contributed by atoms with E-state index in [-0.39, 0.29) is 0 Å². The van der Waals surface area contributed by atoms with E-state index >= 15 is 0 Å². The zero-order chi connectivity index (χ0) is 11.0. The maximum absolute atomic E-state index is 6.00. The van der Waals surface area contributed by atoms with Gasteiger partial charge in [0.25, 0.3) is 0 Å². The van der Waals surface area contributed by atoms with Crippen molar-refractivity contribution in [3.05, 3.63) is 5.69 Å². The highest BCUT2D eigenvalue weighted by Crippen LogP contribution is 2.31. The molecule has 4 heteroatoms. The molecule has 1 fully saturated rings. The van der Waals surface area contributed by atoms with Crippen molar-refractivity contribution in [3.63, 3.8) is 0 Å². The van der Waals surface area contributed by atoms with Crippen molar-refractivity contribution < 1.29 is 0 Å². The Labute approximate surface area is 90.8 Å². The van der Waals surface area contributed by atoms with E-state index in [2.05, 4.69) is 24.3 Å². The number of aryl methyl sites for hydroxylation is 1. The van der Waals surface area contributed by atoms with Crippen LogP contribution in [0.15, 0.2) is 0 Å². The average molecular weight is 208 g/mol. The molecule has 1 aromatic rings. The van der Waals surface area contributed by atoms with Crippen LogP contribution in [0, 0.1) is 12.8 Å². The summed E-state index contributed by atoms with van der Waals surface area (Å²) >= 11 is 0. The maximum atomic E-state index is 6.00. The minimum atomic E-state index is 0.350. The molecule has 0 radical (unpaired) electrons. The van der Waals surface area contributed by atoms with Gasteiger partial charge < -0.3 is 11.1 Å². The zero-order valence-corrected chi connectivity index (χ0v) is 9.75. The van der Waals surface area contributed by atoms with Gasteiger partial charge in [-0.05, 0) is 39.5 Å². The molecule has 1 aromatic heterocycles. The molecule has 0 aliphatic heterocycles. The van der Waals surface area contributed by atoms with E-state index in [9.17, 15) is 0 Å². The summed E-state index contributed by atoms with van der Waals surface area (Å²) in [5.41, 5.74) is 7.72. The summed E-state index contributed by atoms with van der Waals surface area (Å²) in [5, 5.41) is 7.86. The normalized spacial score (nSPS) is 16.0. The molecule has 15 heavy (non-hydrogen) atoms. The molecule has 2 rings (SSSR count). The summed E-state index contributed by atoms with van der Waals surface area (Å²) in [6.45, 7) is 7.22. The number of hydrogen-bond donors (Lipinski definition) is 2. The van der Waals surface area contributed by atoms with Gasteiger partial charge in [-0.15, -0.1) is 0 Å². The largest absolute Gasteiger partial charge is 0.394 e. The third kappa shape index (κ3) is 2.08. The Bertz CT molecular complexity index is 350. The van der Waals surface area contributed by atoms with Gasteiger partial charge in [-0.25, -0.2) is 4.68 Å². The molecule has 1 saturated carbocycles. The first-order valence-electron chi connectivity index (χ1n) is 5.68.